The fourth-order valence-electron chi connectivity index (χ4n) is 1.63. The monoisotopic (exact) mass is 287 g/mol. The quantitative estimate of drug-likeness (QED) is 0.909. The van der Waals surface area contributed by atoms with E-state index in [-0.39, 0.29) is 29.5 Å². The molecule has 0 saturated carbocycles. The minimum atomic E-state index is -4.64. The van der Waals surface area contributed by atoms with E-state index in [1.807, 2.05) is 0 Å². The van der Waals surface area contributed by atoms with Gasteiger partial charge in [-0.1, -0.05) is 0 Å². The number of halogens is 3. The maximum absolute atomic E-state index is 12.4. The third-order valence-electron chi connectivity index (χ3n) is 2.42. The highest BCUT2D eigenvalue weighted by molar-refractivity contribution is 5.93. The van der Waals surface area contributed by atoms with Crippen LogP contribution in [0.3, 0.4) is 0 Å². The summed E-state index contributed by atoms with van der Waals surface area (Å²) in [6, 6.07) is 3.77. The molecule has 0 aliphatic heterocycles. The van der Waals surface area contributed by atoms with Crippen LogP contribution in [-0.4, -0.2) is 16.9 Å². The number of amides is 1. The van der Waals surface area contributed by atoms with E-state index in [1.54, 1.807) is 6.92 Å². The minimum Gasteiger partial charge on any atom is -0.433 e. The Hall–Kier alpha value is -2.09. The average Bonchev–Trinajstić information content (AvgIpc) is 2.70. The van der Waals surface area contributed by atoms with Crippen LogP contribution in [0.4, 0.5) is 18.9 Å². The second kappa shape index (κ2) is 5.12. The van der Waals surface area contributed by atoms with Crippen LogP contribution >= 0.6 is 0 Å². The standard InChI is InChI=1S/C12H12F3N3O2/c1-6(16)4-10(19)17-7-2-3-9-8(5-7)18-11(20-9)12(13,14)15/h2-3,5-6H,4,16H2,1H3,(H,17,19). The van der Waals surface area contributed by atoms with E-state index in [4.69, 9.17) is 5.73 Å². The molecule has 20 heavy (non-hydrogen) atoms. The van der Waals surface area contributed by atoms with Gasteiger partial charge in [-0.15, -0.1) is 0 Å². The number of rotatable bonds is 3. The highest BCUT2D eigenvalue weighted by atomic mass is 19.4. The van der Waals surface area contributed by atoms with Crippen LogP contribution in [0.1, 0.15) is 19.2 Å². The number of hydrogen-bond donors (Lipinski definition) is 2. The molecule has 2 aromatic rings. The molecule has 0 aliphatic carbocycles. The SMILES string of the molecule is CC(N)CC(=O)Nc1ccc2oc(C(F)(F)F)nc2c1. The smallest absolute Gasteiger partial charge is 0.433 e. The molecule has 0 fully saturated rings. The number of anilines is 1. The van der Waals surface area contributed by atoms with Gasteiger partial charge in [0.05, 0.1) is 0 Å². The topological polar surface area (TPSA) is 81.2 Å². The van der Waals surface area contributed by atoms with Crippen LogP contribution in [0.15, 0.2) is 22.6 Å². The molecule has 5 nitrogen and oxygen atoms in total. The van der Waals surface area contributed by atoms with E-state index >= 15 is 0 Å². The minimum absolute atomic E-state index is 0.00233. The summed E-state index contributed by atoms with van der Waals surface area (Å²) >= 11 is 0. The highest BCUT2D eigenvalue weighted by Crippen LogP contribution is 2.31. The first-order valence-corrected chi connectivity index (χ1v) is 5.79. The van der Waals surface area contributed by atoms with E-state index in [2.05, 4.69) is 14.7 Å². The van der Waals surface area contributed by atoms with Crippen molar-refractivity contribution in [3.05, 3.63) is 24.1 Å². The van der Waals surface area contributed by atoms with Gasteiger partial charge in [0, 0.05) is 18.2 Å². The van der Waals surface area contributed by atoms with E-state index in [0.717, 1.165) is 0 Å². The number of fused-ring (bicyclic) bond motifs is 1. The average molecular weight is 287 g/mol. The normalized spacial score (nSPS) is 13.4. The number of nitrogens with one attached hydrogen (secondary N) is 1. The van der Waals surface area contributed by atoms with Crippen LogP contribution in [0.5, 0.6) is 0 Å². The lowest BCUT2D eigenvalue weighted by atomic mass is 10.2. The first kappa shape index (κ1) is 14.3. The van der Waals surface area contributed by atoms with Crippen LogP contribution in [0.2, 0.25) is 0 Å². The van der Waals surface area contributed by atoms with Gasteiger partial charge in [0.25, 0.3) is 0 Å². The molecule has 1 heterocycles. The van der Waals surface area contributed by atoms with Crippen molar-refractivity contribution in [3.63, 3.8) is 0 Å². The number of carbonyl (C=O) groups excluding carboxylic acids is 1. The number of alkyl halides is 3. The first-order chi connectivity index (χ1) is 9.25. The van der Waals surface area contributed by atoms with Crippen LogP contribution in [0.25, 0.3) is 11.1 Å². The molecule has 108 valence electrons. The number of nitrogens with two attached hydrogens (primary N) is 1. The zero-order chi connectivity index (χ0) is 14.9. The summed E-state index contributed by atoms with van der Waals surface area (Å²) < 4.78 is 41.9. The molecule has 2 rings (SSSR count). The predicted octanol–water partition coefficient (Wildman–Crippen LogP) is 2.52. The summed E-state index contributed by atoms with van der Waals surface area (Å²) in [4.78, 5) is 14.9. The fraction of sp³-hybridized carbons (Fsp3) is 0.333. The Labute approximate surface area is 111 Å². The summed E-state index contributed by atoms with van der Waals surface area (Å²) in [5.41, 5.74) is 5.84. The highest BCUT2D eigenvalue weighted by Gasteiger charge is 2.37. The van der Waals surface area contributed by atoms with Gasteiger partial charge in [0.2, 0.25) is 5.91 Å². The third kappa shape index (κ3) is 3.27. The van der Waals surface area contributed by atoms with Crippen molar-refractivity contribution in [1.82, 2.24) is 4.98 Å². The lowest BCUT2D eigenvalue weighted by Gasteiger charge is -2.06. The molecule has 3 N–H and O–H groups in total. The van der Waals surface area contributed by atoms with Gasteiger partial charge in [-0.3, -0.25) is 4.79 Å². The molecular weight excluding hydrogens is 275 g/mol. The molecule has 0 bridgehead atoms. The number of hydrogen-bond acceptors (Lipinski definition) is 4. The Morgan fingerprint density at radius 3 is 2.80 bits per heavy atom. The van der Waals surface area contributed by atoms with Crippen LogP contribution < -0.4 is 11.1 Å². The van der Waals surface area contributed by atoms with Crippen molar-refractivity contribution in [2.75, 3.05) is 5.32 Å². The number of aromatic nitrogens is 1. The maximum atomic E-state index is 12.4. The summed E-state index contributed by atoms with van der Waals surface area (Å²) in [7, 11) is 0. The number of nitrogens with zero attached hydrogens (tertiary/aromatic N) is 1. The molecule has 1 aromatic carbocycles. The maximum Gasteiger partial charge on any atom is 0.468 e. The second-order valence-corrected chi connectivity index (χ2v) is 4.43. The van der Waals surface area contributed by atoms with Gasteiger partial charge < -0.3 is 15.5 Å². The van der Waals surface area contributed by atoms with E-state index in [9.17, 15) is 18.0 Å². The molecule has 1 atom stereocenters. The predicted molar refractivity (Wildman–Crippen MR) is 65.9 cm³/mol. The number of benzene rings is 1. The Kier molecular flexibility index (Phi) is 3.67. The van der Waals surface area contributed by atoms with Gasteiger partial charge in [0.1, 0.15) is 5.52 Å². The van der Waals surface area contributed by atoms with Gasteiger partial charge >= 0.3 is 12.1 Å². The van der Waals surface area contributed by atoms with Gasteiger partial charge in [-0.2, -0.15) is 13.2 Å². The fourth-order valence-corrected chi connectivity index (χ4v) is 1.63. The Bertz CT molecular complexity index is 634. The van der Waals surface area contributed by atoms with Gasteiger partial charge in [-0.05, 0) is 25.1 Å². The molecule has 0 radical (unpaired) electrons. The van der Waals surface area contributed by atoms with Crippen molar-refractivity contribution in [2.45, 2.75) is 25.6 Å². The van der Waals surface area contributed by atoms with E-state index in [0.29, 0.717) is 5.69 Å². The van der Waals surface area contributed by atoms with Crippen molar-refractivity contribution in [2.24, 2.45) is 5.73 Å². The summed E-state index contributed by atoms with van der Waals surface area (Å²) in [6.45, 7) is 1.68. The molecule has 0 spiro atoms. The van der Waals surface area contributed by atoms with Crippen molar-refractivity contribution < 1.29 is 22.4 Å². The summed E-state index contributed by atoms with van der Waals surface area (Å²) in [5, 5.41) is 2.53. The Balaban J connectivity index is 2.23. The Morgan fingerprint density at radius 1 is 1.50 bits per heavy atom. The Morgan fingerprint density at radius 2 is 2.20 bits per heavy atom. The van der Waals surface area contributed by atoms with E-state index < -0.39 is 12.1 Å². The van der Waals surface area contributed by atoms with Crippen molar-refractivity contribution in [3.8, 4) is 0 Å². The molecule has 0 saturated heterocycles. The largest absolute Gasteiger partial charge is 0.468 e. The molecule has 0 aliphatic rings. The summed E-state index contributed by atoms with van der Waals surface area (Å²) in [5.74, 6) is -1.63. The van der Waals surface area contributed by atoms with Crippen molar-refractivity contribution >= 4 is 22.7 Å². The second-order valence-electron chi connectivity index (χ2n) is 4.43. The zero-order valence-electron chi connectivity index (χ0n) is 10.5. The molecular formula is C12H12F3N3O2. The van der Waals surface area contributed by atoms with E-state index in [1.165, 1.54) is 18.2 Å². The first-order valence-electron chi connectivity index (χ1n) is 5.79. The number of oxazole rings is 1. The molecule has 1 amide bonds. The third-order valence-corrected chi connectivity index (χ3v) is 2.42. The molecule has 1 unspecified atom stereocenters. The van der Waals surface area contributed by atoms with Gasteiger partial charge in [0.15, 0.2) is 5.58 Å². The van der Waals surface area contributed by atoms with Crippen LogP contribution in [0, 0.1) is 0 Å². The zero-order valence-corrected chi connectivity index (χ0v) is 10.5. The number of carbonyl (C=O) groups is 1. The van der Waals surface area contributed by atoms with Gasteiger partial charge in [-0.25, -0.2) is 4.98 Å². The molecule has 8 heteroatoms. The van der Waals surface area contributed by atoms with Crippen LogP contribution in [-0.2, 0) is 11.0 Å². The lowest BCUT2D eigenvalue weighted by molar-refractivity contribution is -0.156. The summed E-state index contributed by atoms with van der Waals surface area (Å²) in [6.07, 6.45) is -4.53. The molecule has 1 aromatic heterocycles. The van der Waals surface area contributed by atoms with Crippen molar-refractivity contribution in [1.29, 1.82) is 0 Å². The lowest BCUT2D eigenvalue weighted by Crippen LogP contribution is -2.23.